The van der Waals surface area contributed by atoms with Gasteiger partial charge in [-0.25, -0.2) is 4.98 Å². The van der Waals surface area contributed by atoms with E-state index in [0.717, 1.165) is 36.2 Å². The van der Waals surface area contributed by atoms with Gasteiger partial charge in [0, 0.05) is 18.5 Å². The van der Waals surface area contributed by atoms with E-state index in [2.05, 4.69) is 11.9 Å². The van der Waals surface area contributed by atoms with Crippen molar-refractivity contribution < 1.29 is 13.2 Å². The molecule has 1 aliphatic heterocycles. The summed E-state index contributed by atoms with van der Waals surface area (Å²) < 4.78 is 36.9. The number of anilines is 1. The van der Waals surface area contributed by atoms with Crippen LogP contribution in [0.5, 0.6) is 0 Å². The Labute approximate surface area is 89.7 Å². The summed E-state index contributed by atoms with van der Waals surface area (Å²) >= 11 is 1.07. The quantitative estimate of drug-likeness (QED) is 0.745. The number of nitrogens with zero attached hydrogens (tertiary/aromatic N) is 2. The lowest BCUT2D eigenvalue weighted by Crippen LogP contribution is -2.19. The van der Waals surface area contributed by atoms with Crippen LogP contribution in [0, 0.1) is 5.92 Å². The highest BCUT2D eigenvalue weighted by Gasteiger charge is 2.34. The molecule has 2 nitrogen and oxygen atoms in total. The SMILES string of the molecule is C[C@@H]1CCN(c2nc(C(F)(F)F)cs2)C1. The van der Waals surface area contributed by atoms with E-state index in [1.165, 1.54) is 0 Å². The van der Waals surface area contributed by atoms with Gasteiger partial charge in [-0.2, -0.15) is 13.2 Å². The van der Waals surface area contributed by atoms with Gasteiger partial charge in [-0.1, -0.05) is 6.92 Å². The normalized spacial score (nSPS) is 22.4. The lowest BCUT2D eigenvalue weighted by Gasteiger charge is -2.13. The maximum absolute atomic E-state index is 12.3. The molecule has 0 unspecified atom stereocenters. The molecule has 1 saturated heterocycles. The van der Waals surface area contributed by atoms with E-state index in [4.69, 9.17) is 0 Å². The Morgan fingerprint density at radius 3 is 2.73 bits per heavy atom. The van der Waals surface area contributed by atoms with Gasteiger partial charge in [-0.05, 0) is 12.3 Å². The second-order valence-electron chi connectivity index (χ2n) is 3.85. The van der Waals surface area contributed by atoms with E-state index in [1.54, 1.807) is 0 Å². The summed E-state index contributed by atoms with van der Waals surface area (Å²) in [4.78, 5) is 5.54. The van der Waals surface area contributed by atoms with Gasteiger partial charge in [0.15, 0.2) is 10.8 Å². The molecule has 0 aliphatic carbocycles. The Hall–Kier alpha value is -0.780. The molecule has 0 N–H and O–H groups in total. The maximum Gasteiger partial charge on any atom is 0.434 e. The fraction of sp³-hybridized carbons (Fsp3) is 0.667. The summed E-state index contributed by atoms with van der Waals surface area (Å²) in [5.74, 6) is 0.545. The molecule has 15 heavy (non-hydrogen) atoms. The van der Waals surface area contributed by atoms with Crippen LogP contribution in [0.1, 0.15) is 19.0 Å². The molecule has 0 bridgehead atoms. The number of alkyl halides is 3. The summed E-state index contributed by atoms with van der Waals surface area (Å²) in [7, 11) is 0. The van der Waals surface area contributed by atoms with Crippen molar-refractivity contribution in [1.82, 2.24) is 4.98 Å². The van der Waals surface area contributed by atoms with Gasteiger partial charge in [0.25, 0.3) is 0 Å². The highest BCUT2D eigenvalue weighted by atomic mass is 32.1. The van der Waals surface area contributed by atoms with Crippen LogP contribution in [0.2, 0.25) is 0 Å². The maximum atomic E-state index is 12.3. The molecule has 0 aromatic carbocycles. The van der Waals surface area contributed by atoms with Crippen LogP contribution in [-0.4, -0.2) is 18.1 Å². The molecular weight excluding hydrogens is 225 g/mol. The summed E-state index contributed by atoms with van der Waals surface area (Å²) in [6.07, 6.45) is -3.29. The summed E-state index contributed by atoms with van der Waals surface area (Å²) in [5, 5.41) is 1.57. The van der Waals surface area contributed by atoms with Crippen LogP contribution in [-0.2, 0) is 6.18 Å². The second-order valence-corrected chi connectivity index (χ2v) is 4.69. The summed E-state index contributed by atoms with van der Waals surface area (Å²) in [6.45, 7) is 3.72. The monoisotopic (exact) mass is 236 g/mol. The first-order valence-electron chi connectivity index (χ1n) is 4.74. The minimum atomic E-state index is -4.32. The molecule has 1 fully saturated rings. The van der Waals surface area contributed by atoms with Gasteiger partial charge in [-0.15, -0.1) is 11.3 Å². The van der Waals surface area contributed by atoms with Crippen molar-refractivity contribution in [3.05, 3.63) is 11.1 Å². The number of hydrogen-bond donors (Lipinski definition) is 0. The molecule has 6 heteroatoms. The third-order valence-corrected chi connectivity index (χ3v) is 3.38. The van der Waals surface area contributed by atoms with Crippen LogP contribution in [0.25, 0.3) is 0 Å². The molecule has 1 aliphatic rings. The number of aromatic nitrogens is 1. The topological polar surface area (TPSA) is 16.1 Å². The first-order valence-corrected chi connectivity index (χ1v) is 5.62. The van der Waals surface area contributed by atoms with Crippen molar-refractivity contribution in [3.63, 3.8) is 0 Å². The van der Waals surface area contributed by atoms with Crippen molar-refractivity contribution in [2.45, 2.75) is 19.5 Å². The standard InChI is InChI=1S/C9H11F3N2S/c1-6-2-3-14(4-6)8-13-7(5-15-8)9(10,11)12/h5-6H,2-4H2,1H3/t6-/m1/s1. The Bertz CT molecular complexity index is 347. The van der Waals surface area contributed by atoms with Crippen molar-refractivity contribution in [3.8, 4) is 0 Å². The minimum Gasteiger partial charge on any atom is -0.348 e. The second kappa shape index (κ2) is 3.66. The van der Waals surface area contributed by atoms with Crippen LogP contribution in [0.4, 0.5) is 18.3 Å². The molecule has 2 heterocycles. The van der Waals surface area contributed by atoms with E-state index in [0.29, 0.717) is 11.0 Å². The number of rotatable bonds is 1. The minimum absolute atomic E-state index is 0.492. The lowest BCUT2D eigenvalue weighted by atomic mass is 10.2. The van der Waals surface area contributed by atoms with Gasteiger partial charge in [0.1, 0.15) is 0 Å². The van der Waals surface area contributed by atoms with Crippen LogP contribution >= 0.6 is 11.3 Å². The number of hydrogen-bond acceptors (Lipinski definition) is 3. The zero-order chi connectivity index (χ0) is 11.1. The van der Waals surface area contributed by atoms with E-state index in [-0.39, 0.29) is 0 Å². The molecule has 1 aromatic heterocycles. The molecule has 0 saturated carbocycles. The van der Waals surface area contributed by atoms with Crippen molar-refractivity contribution in [2.24, 2.45) is 5.92 Å². The van der Waals surface area contributed by atoms with Crippen molar-refractivity contribution in [2.75, 3.05) is 18.0 Å². The Balaban J connectivity index is 2.14. The molecule has 84 valence electrons. The molecule has 1 aromatic rings. The average Bonchev–Trinajstić information content (AvgIpc) is 2.69. The summed E-state index contributed by atoms with van der Waals surface area (Å²) in [6, 6.07) is 0. The lowest BCUT2D eigenvalue weighted by molar-refractivity contribution is -0.140. The van der Waals surface area contributed by atoms with Gasteiger partial charge in [-0.3, -0.25) is 0 Å². The Morgan fingerprint density at radius 2 is 2.27 bits per heavy atom. The largest absolute Gasteiger partial charge is 0.434 e. The number of halogens is 3. The van der Waals surface area contributed by atoms with Crippen molar-refractivity contribution in [1.29, 1.82) is 0 Å². The van der Waals surface area contributed by atoms with Gasteiger partial charge in [0.05, 0.1) is 0 Å². The summed E-state index contributed by atoms with van der Waals surface area (Å²) in [5.41, 5.74) is -0.776. The average molecular weight is 236 g/mol. The molecule has 2 rings (SSSR count). The zero-order valence-corrected chi connectivity index (χ0v) is 9.03. The number of thiazole rings is 1. The molecule has 0 radical (unpaired) electrons. The Morgan fingerprint density at radius 1 is 1.53 bits per heavy atom. The predicted molar refractivity (Wildman–Crippen MR) is 53.1 cm³/mol. The third kappa shape index (κ3) is 2.25. The van der Waals surface area contributed by atoms with Crippen molar-refractivity contribution >= 4 is 16.5 Å². The highest BCUT2D eigenvalue weighted by molar-refractivity contribution is 7.13. The van der Waals surface area contributed by atoms with E-state index in [9.17, 15) is 13.2 Å². The van der Waals surface area contributed by atoms with Gasteiger partial charge < -0.3 is 4.90 Å². The fourth-order valence-corrected chi connectivity index (χ4v) is 2.52. The first kappa shape index (κ1) is 10.7. The van der Waals surface area contributed by atoms with E-state index < -0.39 is 11.9 Å². The highest BCUT2D eigenvalue weighted by Crippen LogP contribution is 2.34. The molecule has 1 atom stereocenters. The molecular formula is C9H11F3N2S. The van der Waals surface area contributed by atoms with E-state index in [1.807, 2.05) is 4.90 Å². The zero-order valence-electron chi connectivity index (χ0n) is 8.21. The smallest absolute Gasteiger partial charge is 0.348 e. The fourth-order valence-electron chi connectivity index (χ4n) is 1.65. The molecule has 0 spiro atoms. The predicted octanol–water partition coefficient (Wildman–Crippen LogP) is 3.01. The first-order chi connectivity index (χ1) is 6.97. The third-order valence-electron chi connectivity index (χ3n) is 2.48. The van der Waals surface area contributed by atoms with Gasteiger partial charge >= 0.3 is 6.18 Å². The Kier molecular flexibility index (Phi) is 2.62. The van der Waals surface area contributed by atoms with Crippen LogP contribution in [0.15, 0.2) is 5.38 Å². The molecule has 0 amide bonds. The van der Waals surface area contributed by atoms with E-state index >= 15 is 0 Å². The van der Waals surface area contributed by atoms with Crippen LogP contribution in [0.3, 0.4) is 0 Å². The van der Waals surface area contributed by atoms with Gasteiger partial charge in [0.2, 0.25) is 0 Å². The van der Waals surface area contributed by atoms with Crippen LogP contribution < -0.4 is 4.90 Å².